The maximum atomic E-state index is 10.3. The van der Waals surface area contributed by atoms with Gasteiger partial charge in [-0.15, -0.1) is 0 Å². The fraction of sp³-hybridized carbons (Fsp3) is 0.562. The van der Waals surface area contributed by atoms with Crippen LogP contribution < -0.4 is 0 Å². The summed E-state index contributed by atoms with van der Waals surface area (Å²) in [6.45, 7) is 1.73. The Morgan fingerprint density at radius 2 is 1.58 bits per heavy atom. The predicted octanol–water partition coefficient (Wildman–Crippen LogP) is 3.85. The molecule has 0 aromatic heterocycles. The van der Waals surface area contributed by atoms with Crippen molar-refractivity contribution in [3.05, 3.63) is 36.5 Å². The van der Waals surface area contributed by atoms with Crippen molar-refractivity contribution >= 4 is 5.97 Å². The summed E-state index contributed by atoms with van der Waals surface area (Å²) < 4.78 is 0. The highest BCUT2D eigenvalue weighted by Crippen LogP contribution is 2.03. The predicted molar refractivity (Wildman–Crippen MR) is 79.1 cm³/mol. The summed E-state index contributed by atoms with van der Waals surface area (Å²) in [5.41, 5.74) is 0. The molecule has 0 aliphatic rings. The number of rotatable bonds is 11. The van der Waals surface area contributed by atoms with Crippen molar-refractivity contribution in [2.45, 2.75) is 58.0 Å². The first-order chi connectivity index (χ1) is 9.13. The van der Waals surface area contributed by atoms with Crippen molar-refractivity contribution in [3.63, 3.8) is 0 Å². The SMILES string of the molecule is CC(O)/C=C/C=C/CCCC/C=C/CCCC(=O)O. The zero-order chi connectivity index (χ0) is 14.3. The Balaban J connectivity index is 3.31. The summed E-state index contributed by atoms with van der Waals surface area (Å²) in [5.74, 6) is -0.718. The van der Waals surface area contributed by atoms with Gasteiger partial charge in [-0.1, -0.05) is 36.5 Å². The van der Waals surface area contributed by atoms with E-state index in [1.807, 2.05) is 12.2 Å². The van der Waals surface area contributed by atoms with Crippen LogP contribution in [-0.4, -0.2) is 22.3 Å². The molecule has 0 spiro atoms. The van der Waals surface area contributed by atoms with Crippen LogP contribution in [0, 0.1) is 0 Å². The van der Waals surface area contributed by atoms with Gasteiger partial charge in [0, 0.05) is 6.42 Å². The molecule has 1 unspecified atom stereocenters. The van der Waals surface area contributed by atoms with E-state index in [1.165, 1.54) is 0 Å². The van der Waals surface area contributed by atoms with E-state index in [2.05, 4.69) is 18.2 Å². The Morgan fingerprint density at radius 1 is 1.00 bits per heavy atom. The van der Waals surface area contributed by atoms with E-state index in [0.717, 1.165) is 38.5 Å². The lowest BCUT2D eigenvalue weighted by Crippen LogP contribution is -1.92. The summed E-state index contributed by atoms with van der Waals surface area (Å²) in [5, 5.41) is 17.4. The van der Waals surface area contributed by atoms with Gasteiger partial charge >= 0.3 is 5.97 Å². The second kappa shape index (κ2) is 13.1. The van der Waals surface area contributed by atoms with Gasteiger partial charge in [0.25, 0.3) is 0 Å². The number of hydrogen-bond donors (Lipinski definition) is 2. The van der Waals surface area contributed by atoms with Crippen LogP contribution in [0.15, 0.2) is 36.5 Å². The maximum absolute atomic E-state index is 10.3. The molecule has 0 rings (SSSR count). The molecule has 1 atom stereocenters. The highest BCUT2D eigenvalue weighted by atomic mass is 16.4. The van der Waals surface area contributed by atoms with Gasteiger partial charge < -0.3 is 10.2 Å². The zero-order valence-electron chi connectivity index (χ0n) is 11.8. The Bertz CT molecular complexity index is 301. The molecule has 0 fully saturated rings. The lowest BCUT2D eigenvalue weighted by molar-refractivity contribution is -0.137. The summed E-state index contributed by atoms with van der Waals surface area (Å²) in [6.07, 6.45) is 17.8. The number of allylic oxidation sites excluding steroid dienone is 5. The standard InChI is InChI=1S/C16H26O3/c1-15(17)13-11-9-7-5-3-2-4-6-8-10-12-14-16(18)19/h6-9,11,13,15,17H,2-5,10,12,14H2,1H3,(H,18,19)/b8-6+,9-7+,13-11+. The van der Waals surface area contributed by atoms with Gasteiger partial charge in [0.1, 0.15) is 0 Å². The van der Waals surface area contributed by atoms with Crippen molar-refractivity contribution in [1.82, 2.24) is 0 Å². The molecule has 0 aromatic carbocycles. The van der Waals surface area contributed by atoms with Crippen LogP contribution in [0.1, 0.15) is 51.9 Å². The Labute approximate surface area is 116 Å². The highest BCUT2D eigenvalue weighted by Gasteiger charge is 1.93. The highest BCUT2D eigenvalue weighted by molar-refractivity contribution is 5.66. The van der Waals surface area contributed by atoms with Crippen LogP contribution in [0.25, 0.3) is 0 Å². The number of hydrogen-bond acceptors (Lipinski definition) is 2. The number of aliphatic hydroxyl groups excluding tert-OH is 1. The first-order valence-corrected chi connectivity index (χ1v) is 7.01. The number of aliphatic hydroxyl groups is 1. The van der Waals surface area contributed by atoms with Crippen molar-refractivity contribution in [2.75, 3.05) is 0 Å². The molecule has 0 radical (unpaired) electrons. The Hall–Kier alpha value is -1.35. The molecule has 3 nitrogen and oxygen atoms in total. The van der Waals surface area contributed by atoms with Crippen LogP contribution in [0.5, 0.6) is 0 Å². The molecule has 0 saturated carbocycles. The first kappa shape index (κ1) is 17.6. The van der Waals surface area contributed by atoms with E-state index in [0.29, 0.717) is 0 Å². The monoisotopic (exact) mass is 266 g/mol. The van der Waals surface area contributed by atoms with Gasteiger partial charge in [0.05, 0.1) is 6.10 Å². The van der Waals surface area contributed by atoms with Gasteiger partial charge in [-0.25, -0.2) is 0 Å². The lowest BCUT2D eigenvalue weighted by Gasteiger charge is -1.94. The molecule has 108 valence electrons. The fourth-order valence-electron chi connectivity index (χ4n) is 1.53. The normalized spacial score (nSPS) is 13.8. The summed E-state index contributed by atoms with van der Waals surface area (Å²) >= 11 is 0. The third kappa shape index (κ3) is 16.6. The zero-order valence-corrected chi connectivity index (χ0v) is 11.8. The summed E-state index contributed by atoms with van der Waals surface area (Å²) in [4.78, 5) is 10.3. The molecule has 0 aliphatic heterocycles. The number of carboxylic acids is 1. The largest absolute Gasteiger partial charge is 0.481 e. The van der Waals surface area contributed by atoms with Gasteiger partial charge in [-0.05, 0) is 45.4 Å². The quantitative estimate of drug-likeness (QED) is 0.339. The molecule has 0 aromatic rings. The minimum Gasteiger partial charge on any atom is -0.481 e. The van der Waals surface area contributed by atoms with Crippen molar-refractivity contribution in [1.29, 1.82) is 0 Å². The van der Waals surface area contributed by atoms with E-state index in [-0.39, 0.29) is 12.5 Å². The second-order valence-electron chi connectivity index (χ2n) is 4.60. The third-order valence-corrected chi connectivity index (χ3v) is 2.56. The number of carboxylic acid groups (broad SMARTS) is 1. The third-order valence-electron chi connectivity index (χ3n) is 2.56. The van der Waals surface area contributed by atoms with Gasteiger partial charge in [0.15, 0.2) is 0 Å². The molecule has 0 amide bonds. The lowest BCUT2D eigenvalue weighted by atomic mass is 10.1. The topological polar surface area (TPSA) is 57.5 Å². The van der Waals surface area contributed by atoms with Gasteiger partial charge in [0.2, 0.25) is 0 Å². The summed E-state index contributed by atoms with van der Waals surface area (Å²) in [7, 11) is 0. The van der Waals surface area contributed by atoms with E-state index in [9.17, 15) is 4.79 Å². The average Bonchev–Trinajstić information content (AvgIpc) is 2.34. The van der Waals surface area contributed by atoms with E-state index in [1.54, 1.807) is 13.0 Å². The number of carbonyl (C=O) groups is 1. The van der Waals surface area contributed by atoms with Crippen LogP contribution in [0.4, 0.5) is 0 Å². The molecule has 0 aliphatic carbocycles. The number of aliphatic carboxylic acids is 1. The van der Waals surface area contributed by atoms with Crippen molar-refractivity contribution in [2.24, 2.45) is 0 Å². The molecule has 0 heterocycles. The Morgan fingerprint density at radius 3 is 2.16 bits per heavy atom. The van der Waals surface area contributed by atoms with Gasteiger partial charge in [-0.2, -0.15) is 0 Å². The number of unbranched alkanes of at least 4 members (excludes halogenated alkanes) is 4. The molecule has 0 bridgehead atoms. The van der Waals surface area contributed by atoms with Crippen molar-refractivity contribution in [3.8, 4) is 0 Å². The molecular formula is C16H26O3. The average molecular weight is 266 g/mol. The van der Waals surface area contributed by atoms with E-state index < -0.39 is 5.97 Å². The van der Waals surface area contributed by atoms with Gasteiger partial charge in [-0.3, -0.25) is 4.79 Å². The second-order valence-corrected chi connectivity index (χ2v) is 4.60. The fourth-order valence-corrected chi connectivity index (χ4v) is 1.53. The Kier molecular flexibility index (Phi) is 12.2. The molecule has 19 heavy (non-hydrogen) atoms. The van der Waals surface area contributed by atoms with Crippen LogP contribution in [0.2, 0.25) is 0 Å². The van der Waals surface area contributed by atoms with E-state index in [4.69, 9.17) is 10.2 Å². The smallest absolute Gasteiger partial charge is 0.303 e. The maximum Gasteiger partial charge on any atom is 0.303 e. The minimum absolute atomic E-state index is 0.259. The summed E-state index contributed by atoms with van der Waals surface area (Å²) in [6, 6.07) is 0. The van der Waals surface area contributed by atoms with Crippen LogP contribution in [0.3, 0.4) is 0 Å². The molecule has 2 N–H and O–H groups in total. The van der Waals surface area contributed by atoms with Crippen molar-refractivity contribution < 1.29 is 15.0 Å². The van der Waals surface area contributed by atoms with Crippen LogP contribution in [-0.2, 0) is 4.79 Å². The minimum atomic E-state index is -0.718. The molecule has 0 saturated heterocycles. The molecular weight excluding hydrogens is 240 g/mol. The molecule has 3 heteroatoms. The van der Waals surface area contributed by atoms with E-state index >= 15 is 0 Å². The first-order valence-electron chi connectivity index (χ1n) is 7.01. The van der Waals surface area contributed by atoms with Crippen LogP contribution >= 0.6 is 0 Å².